The van der Waals surface area contributed by atoms with Crippen molar-refractivity contribution in [3.63, 3.8) is 0 Å². The zero-order valence-electron chi connectivity index (χ0n) is 12.4. The predicted octanol–water partition coefficient (Wildman–Crippen LogP) is 2.16. The number of aliphatic hydroxyl groups excluding tert-OH is 1. The Kier molecular flexibility index (Phi) is 6.61. The number of hydrogen-bond donors (Lipinski definition) is 2. The summed E-state index contributed by atoms with van der Waals surface area (Å²) in [5.41, 5.74) is 0.226. The monoisotopic (exact) mass is 320 g/mol. The van der Waals surface area contributed by atoms with Crippen molar-refractivity contribution in [3.8, 4) is 5.88 Å². The first-order valence-corrected chi connectivity index (χ1v) is 6.79. The van der Waals surface area contributed by atoms with Gasteiger partial charge in [0.05, 0.1) is 11.7 Å². The number of amides is 1. The van der Waals surface area contributed by atoms with Gasteiger partial charge in [-0.25, -0.2) is 4.98 Å². The van der Waals surface area contributed by atoms with Gasteiger partial charge in [-0.3, -0.25) is 4.79 Å². The summed E-state index contributed by atoms with van der Waals surface area (Å²) in [7, 11) is 0. The first kappa shape index (κ1) is 18.2. The topological polar surface area (TPSA) is 71.5 Å². The molecule has 2 N–H and O–H groups in total. The van der Waals surface area contributed by atoms with Crippen LogP contribution in [0.4, 0.5) is 13.2 Å². The average Bonchev–Trinajstić information content (AvgIpc) is 2.41. The fourth-order valence-electron chi connectivity index (χ4n) is 1.79. The van der Waals surface area contributed by atoms with E-state index in [2.05, 4.69) is 15.0 Å². The minimum absolute atomic E-state index is 0.103. The van der Waals surface area contributed by atoms with Crippen molar-refractivity contribution in [2.75, 3.05) is 13.2 Å². The molecule has 0 saturated carbocycles. The van der Waals surface area contributed by atoms with Crippen molar-refractivity contribution in [1.29, 1.82) is 0 Å². The lowest BCUT2D eigenvalue weighted by Crippen LogP contribution is -2.29. The fourth-order valence-corrected chi connectivity index (χ4v) is 1.79. The van der Waals surface area contributed by atoms with E-state index in [1.54, 1.807) is 6.92 Å². The van der Waals surface area contributed by atoms with Crippen molar-refractivity contribution in [2.24, 2.45) is 5.92 Å². The summed E-state index contributed by atoms with van der Waals surface area (Å²) >= 11 is 0. The summed E-state index contributed by atoms with van der Waals surface area (Å²) in [5.74, 6) is -0.477. The molecular formula is C14H19F3N2O3. The van der Waals surface area contributed by atoms with Gasteiger partial charge >= 0.3 is 6.18 Å². The van der Waals surface area contributed by atoms with Crippen LogP contribution in [0, 0.1) is 5.92 Å². The van der Waals surface area contributed by atoms with E-state index in [1.165, 1.54) is 12.1 Å². The van der Waals surface area contributed by atoms with Crippen LogP contribution < -0.4 is 10.1 Å². The third-order valence-corrected chi connectivity index (χ3v) is 2.74. The van der Waals surface area contributed by atoms with Gasteiger partial charge < -0.3 is 15.2 Å². The molecule has 0 bridgehead atoms. The molecule has 8 heteroatoms. The lowest BCUT2D eigenvalue weighted by atomic mass is 10.0. The number of halogens is 3. The second kappa shape index (κ2) is 7.98. The molecule has 1 heterocycles. The highest BCUT2D eigenvalue weighted by Gasteiger charge is 2.28. The fraction of sp³-hybridized carbons (Fsp3) is 0.571. The predicted molar refractivity (Wildman–Crippen MR) is 73.6 cm³/mol. The van der Waals surface area contributed by atoms with Crippen LogP contribution in [0.15, 0.2) is 18.3 Å². The number of hydrogen-bond acceptors (Lipinski definition) is 4. The standard InChI is InChI=1S/C14H19F3N2O3/c1-9(5-10(2)20)6-19-13(21)11-3-4-12(18-7-11)22-8-14(15,16)17/h3-4,7,9-10,20H,5-6,8H2,1-2H3,(H,19,21). The largest absolute Gasteiger partial charge is 0.468 e. The van der Waals surface area contributed by atoms with Gasteiger partial charge in [-0.15, -0.1) is 0 Å². The number of aliphatic hydroxyl groups is 1. The number of aromatic nitrogens is 1. The van der Waals surface area contributed by atoms with Crippen LogP contribution >= 0.6 is 0 Å². The molecule has 1 amide bonds. The summed E-state index contributed by atoms with van der Waals surface area (Å²) in [5, 5.41) is 11.9. The van der Waals surface area contributed by atoms with E-state index >= 15 is 0 Å². The van der Waals surface area contributed by atoms with E-state index in [0.717, 1.165) is 6.20 Å². The maximum Gasteiger partial charge on any atom is 0.422 e. The molecule has 0 aliphatic heterocycles. The van der Waals surface area contributed by atoms with Gasteiger partial charge in [-0.1, -0.05) is 6.92 Å². The maximum atomic E-state index is 12.0. The Hall–Kier alpha value is -1.83. The normalized spacial score (nSPS) is 14.3. The van der Waals surface area contributed by atoms with Gasteiger partial charge in [0.1, 0.15) is 0 Å². The Morgan fingerprint density at radius 1 is 1.41 bits per heavy atom. The Morgan fingerprint density at radius 2 is 2.09 bits per heavy atom. The number of carbonyl (C=O) groups excluding carboxylic acids is 1. The van der Waals surface area contributed by atoms with Gasteiger partial charge in [0.15, 0.2) is 6.61 Å². The van der Waals surface area contributed by atoms with E-state index in [4.69, 9.17) is 0 Å². The Morgan fingerprint density at radius 3 is 2.59 bits per heavy atom. The molecule has 1 aromatic rings. The lowest BCUT2D eigenvalue weighted by Gasteiger charge is -2.14. The van der Waals surface area contributed by atoms with Crippen molar-refractivity contribution in [2.45, 2.75) is 32.5 Å². The molecule has 0 saturated heterocycles. The third kappa shape index (κ3) is 7.26. The highest BCUT2D eigenvalue weighted by molar-refractivity contribution is 5.93. The molecule has 0 aliphatic rings. The van der Waals surface area contributed by atoms with Crippen molar-refractivity contribution in [3.05, 3.63) is 23.9 Å². The minimum atomic E-state index is -4.43. The van der Waals surface area contributed by atoms with Gasteiger partial charge in [-0.2, -0.15) is 13.2 Å². The first-order valence-electron chi connectivity index (χ1n) is 6.79. The summed E-state index contributed by atoms with van der Waals surface area (Å²) in [6.45, 7) is 2.51. The second-order valence-corrected chi connectivity index (χ2v) is 5.19. The molecule has 22 heavy (non-hydrogen) atoms. The molecule has 1 aromatic heterocycles. The van der Waals surface area contributed by atoms with Gasteiger partial charge in [0.25, 0.3) is 5.91 Å². The minimum Gasteiger partial charge on any atom is -0.468 e. The summed E-state index contributed by atoms with van der Waals surface area (Å²) in [6, 6.07) is 2.55. The molecule has 0 aliphatic carbocycles. The summed E-state index contributed by atoms with van der Waals surface area (Å²) in [6.07, 6.45) is -3.17. The molecule has 0 aromatic carbocycles. The lowest BCUT2D eigenvalue weighted by molar-refractivity contribution is -0.154. The molecule has 2 atom stereocenters. The molecule has 5 nitrogen and oxygen atoms in total. The number of pyridine rings is 1. The highest BCUT2D eigenvalue weighted by atomic mass is 19.4. The van der Waals surface area contributed by atoms with Crippen LogP contribution in [0.1, 0.15) is 30.6 Å². The Bertz CT molecular complexity index is 475. The number of ether oxygens (including phenoxy) is 1. The number of nitrogens with one attached hydrogen (secondary N) is 1. The molecular weight excluding hydrogens is 301 g/mol. The van der Waals surface area contributed by atoms with E-state index in [9.17, 15) is 23.1 Å². The molecule has 0 radical (unpaired) electrons. The number of rotatable bonds is 7. The molecule has 2 unspecified atom stereocenters. The van der Waals surface area contributed by atoms with Crippen molar-refractivity contribution >= 4 is 5.91 Å². The molecule has 124 valence electrons. The van der Waals surface area contributed by atoms with Crippen LogP contribution in [0.25, 0.3) is 0 Å². The van der Waals surface area contributed by atoms with E-state index in [0.29, 0.717) is 13.0 Å². The smallest absolute Gasteiger partial charge is 0.422 e. The van der Waals surface area contributed by atoms with Crippen molar-refractivity contribution in [1.82, 2.24) is 10.3 Å². The van der Waals surface area contributed by atoms with Crippen LogP contribution in [0.2, 0.25) is 0 Å². The van der Waals surface area contributed by atoms with E-state index < -0.39 is 18.9 Å². The summed E-state index contributed by atoms with van der Waals surface area (Å²) in [4.78, 5) is 15.5. The number of carbonyl (C=O) groups is 1. The Labute approximate surface area is 126 Å². The van der Waals surface area contributed by atoms with Gasteiger partial charge in [-0.05, 0) is 25.3 Å². The first-order chi connectivity index (χ1) is 10.2. The quantitative estimate of drug-likeness (QED) is 0.807. The maximum absolute atomic E-state index is 12.0. The van der Waals surface area contributed by atoms with Crippen LogP contribution in [0.5, 0.6) is 5.88 Å². The van der Waals surface area contributed by atoms with Crippen molar-refractivity contribution < 1.29 is 27.8 Å². The Balaban J connectivity index is 2.47. The average molecular weight is 320 g/mol. The van der Waals surface area contributed by atoms with Gasteiger partial charge in [0.2, 0.25) is 5.88 Å². The highest BCUT2D eigenvalue weighted by Crippen LogP contribution is 2.17. The number of nitrogens with zero attached hydrogens (tertiary/aromatic N) is 1. The molecule has 0 spiro atoms. The zero-order valence-corrected chi connectivity index (χ0v) is 12.4. The summed E-state index contributed by atoms with van der Waals surface area (Å²) < 4.78 is 40.4. The van der Waals surface area contributed by atoms with E-state index in [1.807, 2.05) is 6.92 Å². The molecule has 0 fully saturated rings. The van der Waals surface area contributed by atoms with Gasteiger partial charge in [0, 0.05) is 18.8 Å². The van der Waals surface area contributed by atoms with Crippen LogP contribution in [-0.4, -0.2) is 41.4 Å². The second-order valence-electron chi connectivity index (χ2n) is 5.19. The SMILES string of the molecule is CC(O)CC(C)CNC(=O)c1ccc(OCC(F)(F)F)nc1. The molecule has 1 rings (SSSR count). The van der Waals surface area contributed by atoms with Crippen LogP contribution in [-0.2, 0) is 0 Å². The number of alkyl halides is 3. The van der Waals surface area contributed by atoms with Crippen LogP contribution in [0.3, 0.4) is 0 Å². The zero-order chi connectivity index (χ0) is 16.8. The third-order valence-electron chi connectivity index (χ3n) is 2.74. The van der Waals surface area contributed by atoms with E-state index in [-0.39, 0.29) is 23.3 Å².